The van der Waals surface area contributed by atoms with Crippen molar-refractivity contribution in [2.24, 2.45) is 0 Å². The molecule has 1 N–H and O–H groups in total. The van der Waals surface area contributed by atoms with Gasteiger partial charge >= 0.3 is 5.97 Å². The van der Waals surface area contributed by atoms with Crippen LogP contribution in [0.25, 0.3) is 10.1 Å². The summed E-state index contributed by atoms with van der Waals surface area (Å²) >= 11 is 5.89. The SMILES string of the molecule is Cc1c(C(=O)O)sc2ccc(S(=O)(=O)N(CCc3ccccc3[N+](=O)[O-])c3ccccc3N3CCN(C(=O)c4sccc4Br)CC3)cc12. The van der Waals surface area contributed by atoms with Crippen molar-refractivity contribution in [2.75, 3.05) is 41.9 Å². The number of carboxylic acid groups (broad SMARTS) is 1. The van der Waals surface area contributed by atoms with Crippen molar-refractivity contribution >= 4 is 87.7 Å². The fourth-order valence-electron chi connectivity index (χ4n) is 5.87. The van der Waals surface area contributed by atoms with Crippen molar-refractivity contribution < 1.29 is 28.0 Å². The van der Waals surface area contributed by atoms with Crippen LogP contribution in [0.15, 0.2) is 87.5 Å². The third kappa shape index (κ3) is 6.42. The molecule has 5 aromatic rings. The van der Waals surface area contributed by atoms with Crippen molar-refractivity contribution in [1.29, 1.82) is 0 Å². The van der Waals surface area contributed by atoms with Crippen molar-refractivity contribution in [3.05, 3.63) is 114 Å². The predicted molar refractivity (Wildman–Crippen MR) is 191 cm³/mol. The molecule has 248 valence electrons. The van der Waals surface area contributed by atoms with Crippen molar-refractivity contribution in [1.82, 2.24) is 4.90 Å². The molecule has 0 radical (unpaired) electrons. The Morgan fingerprint density at radius 3 is 2.40 bits per heavy atom. The maximum absolute atomic E-state index is 14.6. The summed E-state index contributed by atoms with van der Waals surface area (Å²) in [5.41, 5.74) is 1.81. The molecule has 3 aromatic carbocycles. The highest BCUT2D eigenvalue weighted by atomic mass is 79.9. The molecule has 6 rings (SSSR count). The van der Waals surface area contributed by atoms with E-state index in [1.165, 1.54) is 33.8 Å². The number of carboxylic acids is 1. The second-order valence-electron chi connectivity index (χ2n) is 11.1. The first-order valence-electron chi connectivity index (χ1n) is 14.8. The average Bonchev–Trinajstić information content (AvgIpc) is 3.67. The van der Waals surface area contributed by atoms with Crippen LogP contribution < -0.4 is 9.21 Å². The highest BCUT2D eigenvalue weighted by molar-refractivity contribution is 9.10. The smallest absolute Gasteiger partial charge is 0.346 e. The van der Waals surface area contributed by atoms with E-state index in [1.807, 2.05) is 28.5 Å². The zero-order valence-corrected chi connectivity index (χ0v) is 29.6. The van der Waals surface area contributed by atoms with Gasteiger partial charge in [-0.2, -0.15) is 0 Å². The minimum atomic E-state index is -4.27. The molecule has 1 amide bonds. The number of carbonyl (C=O) groups excluding carboxylic acids is 1. The Labute approximate surface area is 293 Å². The average molecular weight is 770 g/mol. The summed E-state index contributed by atoms with van der Waals surface area (Å²) in [6, 6.07) is 19.8. The summed E-state index contributed by atoms with van der Waals surface area (Å²) in [6.45, 7) is 3.34. The van der Waals surface area contributed by atoms with Crippen LogP contribution in [0, 0.1) is 17.0 Å². The number of fused-ring (bicyclic) bond motifs is 1. The first-order chi connectivity index (χ1) is 23.0. The van der Waals surface area contributed by atoms with Gasteiger partial charge < -0.3 is 14.9 Å². The van der Waals surface area contributed by atoms with Crippen LogP contribution in [0.4, 0.5) is 17.1 Å². The van der Waals surface area contributed by atoms with Crippen LogP contribution in [0.1, 0.15) is 30.5 Å². The fourth-order valence-corrected chi connectivity index (χ4v) is 9.91. The molecule has 15 heteroatoms. The van der Waals surface area contributed by atoms with Gasteiger partial charge in [0.1, 0.15) is 9.75 Å². The first kappa shape index (κ1) is 33.6. The molecule has 1 aliphatic rings. The number of nitro benzene ring substituents is 1. The number of piperazine rings is 1. The molecule has 0 atom stereocenters. The van der Waals surface area contributed by atoms with Crippen LogP contribution >= 0.6 is 38.6 Å². The van der Waals surface area contributed by atoms with Gasteiger partial charge in [-0.25, -0.2) is 13.2 Å². The predicted octanol–water partition coefficient (Wildman–Crippen LogP) is 7.04. The van der Waals surface area contributed by atoms with Crippen LogP contribution in [0.3, 0.4) is 0 Å². The van der Waals surface area contributed by atoms with Gasteiger partial charge in [-0.3, -0.25) is 19.2 Å². The normalized spacial score (nSPS) is 13.5. The number of nitro groups is 1. The van der Waals surface area contributed by atoms with E-state index in [4.69, 9.17) is 0 Å². The van der Waals surface area contributed by atoms with Gasteiger partial charge in [-0.1, -0.05) is 30.3 Å². The van der Waals surface area contributed by atoms with E-state index < -0.39 is 20.9 Å². The maximum Gasteiger partial charge on any atom is 0.346 e. The topological polar surface area (TPSA) is 141 Å². The van der Waals surface area contributed by atoms with Gasteiger partial charge in [-0.15, -0.1) is 22.7 Å². The second kappa shape index (κ2) is 13.7. The maximum atomic E-state index is 14.6. The lowest BCUT2D eigenvalue weighted by atomic mass is 10.1. The zero-order valence-electron chi connectivity index (χ0n) is 25.5. The summed E-state index contributed by atoms with van der Waals surface area (Å²) in [5.74, 6) is -1.15. The molecular weight excluding hydrogens is 740 g/mol. The third-order valence-electron chi connectivity index (χ3n) is 8.33. The standard InChI is InChI=1S/C33H29BrN4O7S3/c1-21-24-20-23(10-11-29(24)47-30(21)33(40)41)48(44,45)37(14-12-22-6-2-3-7-26(22)38(42)43)28-9-5-4-8-27(28)35-15-17-36(18-16-35)32(39)31-25(34)13-19-46-31/h2-11,13,19-20H,12,14-18H2,1H3,(H,40,41). The van der Waals surface area contributed by atoms with Crippen LogP contribution in [0.5, 0.6) is 0 Å². The molecule has 2 aromatic heterocycles. The number of anilines is 2. The molecule has 1 aliphatic heterocycles. The number of rotatable bonds is 10. The molecule has 0 saturated carbocycles. The van der Waals surface area contributed by atoms with Crippen LogP contribution in [-0.2, 0) is 16.4 Å². The second-order valence-corrected chi connectivity index (χ2v) is 15.8. The molecular formula is C33H29BrN4O7S3. The molecule has 48 heavy (non-hydrogen) atoms. The fraction of sp³-hybridized carbons (Fsp3) is 0.212. The Kier molecular flexibility index (Phi) is 9.56. The number of aryl methyl sites for hydroxylation is 1. The van der Waals surface area contributed by atoms with Crippen molar-refractivity contribution in [2.45, 2.75) is 18.2 Å². The van der Waals surface area contributed by atoms with E-state index >= 15 is 0 Å². The molecule has 11 nitrogen and oxygen atoms in total. The first-order valence-corrected chi connectivity index (χ1v) is 18.8. The number of sulfonamides is 1. The van der Waals surface area contributed by atoms with Crippen molar-refractivity contribution in [3.8, 4) is 0 Å². The quantitative estimate of drug-likeness (QED) is 0.118. The van der Waals surface area contributed by atoms with Crippen LogP contribution in [0.2, 0.25) is 0 Å². The summed E-state index contributed by atoms with van der Waals surface area (Å²) in [7, 11) is -4.27. The van der Waals surface area contributed by atoms with E-state index in [9.17, 15) is 33.2 Å². The number of carbonyl (C=O) groups is 2. The van der Waals surface area contributed by atoms with E-state index in [-0.39, 0.29) is 34.3 Å². The van der Waals surface area contributed by atoms with Crippen LogP contribution in [-0.4, -0.2) is 67.9 Å². The lowest BCUT2D eigenvalue weighted by Gasteiger charge is -2.38. The Bertz CT molecular complexity index is 2160. The summed E-state index contributed by atoms with van der Waals surface area (Å²) < 4.78 is 31.9. The zero-order chi connectivity index (χ0) is 34.2. The van der Waals surface area contributed by atoms with E-state index in [2.05, 4.69) is 15.9 Å². The number of para-hydroxylation sites is 3. The molecule has 0 spiro atoms. The molecule has 0 aliphatic carbocycles. The largest absolute Gasteiger partial charge is 0.477 e. The number of hydrogen-bond acceptors (Lipinski definition) is 9. The Morgan fingerprint density at radius 1 is 1.00 bits per heavy atom. The lowest BCUT2D eigenvalue weighted by Crippen LogP contribution is -2.49. The monoisotopic (exact) mass is 768 g/mol. The molecule has 0 unspecified atom stereocenters. The van der Waals surface area contributed by atoms with E-state index in [1.54, 1.807) is 48.2 Å². The number of amides is 1. The number of aromatic carboxylic acids is 1. The number of benzene rings is 3. The highest BCUT2D eigenvalue weighted by Crippen LogP contribution is 2.37. The molecule has 1 saturated heterocycles. The van der Waals surface area contributed by atoms with E-state index in [0.29, 0.717) is 63.6 Å². The summed E-state index contributed by atoms with van der Waals surface area (Å²) in [5, 5.41) is 23.8. The van der Waals surface area contributed by atoms with Crippen molar-refractivity contribution in [3.63, 3.8) is 0 Å². The Balaban J connectivity index is 1.37. The van der Waals surface area contributed by atoms with Gasteiger partial charge in [0.25, 0.3) is 21.6 Å². The molecule has 1 fully saturated rings. The highest BCUT2D eigenvalue weighted by Gasteiger charge is 2.31. The number of thiophene rings is 2. The molecule has 0 bridgehead atoms. The summed E-state index contributed by atoms with van der Waals surface area (Å²) in [6.07, 6.45) is 0.0611. The number of nitrogens with zero attached hydrogens (tertiary/aromatic N) is 4. The molecule has 3 heterocycles. The van der Waals surface area contributed by atoms with Gasteiger partial charge in [-0.05, 0) is 82.0 Å². The van der Waals surface area contributed by atoms with Gasteiger partial charge in [0.05, 0.1) is 21.2 Å². The lowest BCUT2D eigenvalue weighted by molar-refractivity contribution is -0.385. The Hall–Kier alpha value is -4.31. The summed E-state index contributed by atoms with van der Waals surface area (Å²) in [4.78, 5) is 40.8. The van der Waals surface area contributed by atoms with Gasteiger partial charge in [0, 0.05) is 53.5 Å². The number of halogens is 1. The minimum Gasteiger partial charge on any atom is -0.477 e. The number of hydrogen-bond donors (Lipinski definition) is 1. The van der Waals surface area contributed by atoms with Gasteiger partial charge in [0.15, 0.2) is 0 Å². The Morgan fingerprint density at radius 2 is 1.71 bits per heavy atom. The van der Waals surface area contributed by atoms with E-state index in [0.717, 1.165) is 15.8 Å². The minimum absolute atomic E-state index is 0.0258. The van der Waals surface area contributed by atoms with Gasteiger partial charge in [0.2, 0.25) is 0 Å². The third-order valence-corrected chi connectivity index (χ3v) is 13.2.